The van der Waals surface area contributed by atoms with Gasteiger partial charge in [-0.05, 0) is 12.1 Å². The second-order valence-corrected chi connectivity index (χ2v) is 7.52. The van der Waals surface area contributed by atoms with Crippen molar-refractivity contribution in [1.82, 2.24) is 4.98 Å². The molecule has 0 aliphatic heterocycles. The number of hydrogen-bond acceptors (Lipinski definition) is 7. The van der Waals surface area contributed by atoms with Crippen LogP contribution in [0.4, 0.5) is 26.3 Å². The highest BCUT2D eigenvalue weighted by molar-refractivity contribution is 7.88. The molecule has 0 aliphatic rings. The van der Waals surface area contributed by atoms with Crippen molar-refractivity contribution in [3.8, 4) is 11.6 Å². The van der Waals surface area contributed by atoms with Crippen molar-refractivity contribution in [2.24, 2.45) is 0 Å². The molecule has 0 N–H and O–H groups in total. The number of hydrogen-bond donors (Lipinski definition) is 0. The summed E-state index contributed by atoms with van der Waals surface area (Å²) in [5.41, 5.74) is -12.1. The largest absolute Gasteiger partial charge is 0.534 e. The van der Waals surface area contributed by atoms with Crippen LogP contribution in [0, 0.1) is 0 Å². The molecule has 2 aromatic rings. The van der Waals surface area contributed by atoms with Crippen molar-refractivity contribution in [3.63, 3.8) is 0 Å². The van der Waals surface area contributed by atoms with Gasteiger partial charge in [0, 0.05) is 11.5 Å². The number of pyridine rings is 1. The van der Waals surface area contributed by atoms with Crippen molar-refractivity contribution in [1.29, 1.82) is 0 Å². The summed E-state index contributed by atoms with van der Waals surface area (Å²) in [4.78, 5) is 3.37. The molecular weight excluding hydrogens is 420 g/mol. The Morgan fingerprint density at radius 1 is 0.808 bits per heavy atom. The monoisotopic (exact) mass is 425 g/mol. The van der Waals surface area contributed by atoms with E-state index in [4.69, 9.17) is 0 Å². The number of nitrogens with zero attached hydrogens (tertiary/aromatic N) is 1. The van der Waals surface area contributed by atoms with Gasteiger partial charge in [-0.3, -0.25) is 0 Å². The van der Waals surface area contributed by atoms with Gasteiger partial charge in [-0.1, -0.05) is 12.1 Å². The Bertz CT molecular complexity index is 1050. The van der Waals surface area contributed by atoms with Crippen LogP contribution < -0.4 is 8.37 Å². The smallest absolute Gasteiger partial charge is 0.375 e. The Morgan fingerprint density at radius 3 is 1.85 bits per heavy atom. The molecule has 0 aliphatic carbocycles. The summed E-state index contributed by atoms with van der Waals surface area (Å²) in [6.45, 7) is 0. The minimum atomic E-state index is -6.20. The third-order valence-electron chi connectivity index (χ3n) is 2.62. The minimum Gasteiger partial charge on any atom is -0.375 e. The van der Waals surface area contributed by atoms with Gasteiger partial charge in [0.1, 0.15) is 0 Å². The number of rotatable bonds is 4. The van der Waals surface area contributed by atoms with Crippen molar-refractivity contribution >= 4 is 31.1 Å². The Balaban J connectivity index is 2.60. The fourth-order valence-electron chi connectivity index (χ4n) is 1.56. The second-order valence-electron chi connectivity index (χ2n) is 4.44. The van der Waals surface area contributed by atoms with E-state index in [-0.39, 0.29) is 17.0 Å². The fraction of sp³-hybridized carbons (Fsp3) is 0.182. The Hall–Kier alpha value is -2.29. The summed E-state index contributed by atoms with van der Waals surface area (Å²) in [5.74, 6) is -2.46. The van der Waals surface area contributed by atoms with Crippen molar-refractivity contribution < 1.29 is 51.5 Å². The van der Waals surface area contributed by atoms with Crippen molar-refractivity contribution in [3.05, 3.63) is 30.3 Å². The van der Waals surface area contributed by atoms with Gasteiger partial charge < -0.3 is 8.37 Å². The normalized spacial score (nSPS) is 13.6. The van der Waals surface area contributed by atoms with E-state index in [9.17, 15) is 43.2 Å². The van der Waals surface area contributed by atoms with Gasteiger partial charge in [0.05, 0.1) is 5.52 Å². The number of alkyl halides is 6. The van der Waals surface area contributed by atoms with Gasteiger partial charge >= 0.3 is 31.3 Å². The van der Waals surface area contributed by atoms with E-state index in [0.717, 1.165) is 12.1 Å². The molecule has 15 heteroatoms. The first-order valence-corrected chi connectivity index (χ1v) is 8.87. The first-order valence-electron chi connectivity index (χ1n) is 6.05. The van der Waals surface area contributed by atoms with E-state index >= 15 is 0 Å². The molecule has 7 nitrogen and oxygen atoms in total. The average Bonchev–Trinajstić information content (AvgIpc) is 2.44. The van der Waals surface area contributed by atoms with Gasteiger partial charge in [0.15, 0.2) is 5.75 Å². The lowest BCUT2D eigenvalue weighted by Crippen LogP contribution is -2.29. The van der Waals surface area contributed by atoms with E-state index in [0.29, 0.717) is 0 Å². The van der Waals surface area contributed by atoms with Crippen LogP contribution in [0.15, 0.2) is 30.3 Å². The molecule has 2 rings (SSSR count). The molecule has 144 valence electrons. The molecule has 0 saturated heterocycles. The third-order valence-corrected chi connectivity index (χ3v) is 4.54. The Morgan fingerprint density at radius 2 is 1.31 bits per heavy atom. The number of benzene rings is 1. The third kappa shape index (κ3) is 3.92. The molecule has 0 radical (unpaired) electrons. The SMILES string of the molecule is O=S(=O)(Oc1cc(OS(=O)(=O)C(F)(F)F)c2ccccc2n1)C(F)(F)F. The molecule has 1 heterocycles. The zero-order valence-corrected chi connectivity index (χ0v) is 13.5. The van der Waals surface area contributed by atoms with Gasteiger partial charge in [-0.15, -0.1) is 0 Å². The highest BCUT2D eigenvalue weighted by atomic mass is 32.2. The van der Waals surface area contributed by atoms with E-state index in [2.05, 4.69) is 13.4 Å². The lowest BCUT2D eigenvalue weighted by atomic mass is 10.2. The topological polar surface area (TPSA) is 99.6 Å². The van der Waals surface area contributed by atoms with Crippen LogP contribution in [0.2, 0.25) is 0 Å². The van der Waals surface area contributed by atoms with Gasteiger partial charge in [-0.25, -0.2) is 4.98 Å². The molecule has 0 spiro atoms. The molecule has 1 aromatic heterocycles. The molecule has 26 heavy (non-hydrogen) atoms. The molecule has 0 amide bonds. The summed E-state index contributed by atoms with van der Waals surface area (Å²) < 4.78 is 126. The molecule has 0 atom stereocenters. The van der Waals surface area contributed by atoms with Crippen molar-refractivity contribution in [2.75, 3.05) is 0 Å². The van der Waals surface area contributed by atoms with Crippen molar-refractivity contribution in [2.45, 2.75) is 11.0 Å². The maximum atomic E-state index is 12.4. The molecule has 0 fully saturated rings. The maximum absolute atomic E-state index is 12.4. The first-order chi connectivity index (χ1) is 11.6. The number of halogens is 6. The predicted molar refractivity (Wildman–Crippen MR) is 72.9 cm³/mol. The van der Waals surface area contributed by atoms with Gasteiger partial charge in [0.2, 0.25) is 5.88 Å². The summed E-state index contributed by atoms with van der Waals surface area (Å²) in [6.07, 6.45) is 0. The summed E-state index contributed by atoms with van der Waals surface area (Å²) >= 11 is 0. The molecular formula is C11H5F6NO6S2. The summed E-state index contributed by atoms with van der Waals surface area (Å²) in [5, 5.41) is -0.350. The van der Waals surface area contributed by atoms with E-state index < -0.39 is 42.9 Å². The van der Waals surface area contributed by atoms with Crippen LogP contribution in [-0.4, -0.2) is 32.8 Å². The van der Waals surface area contributed by atoms with E-state index in [1.54, 1.807) is 0 Å². The van der Waals surface area contributed by atoms with Crippen LogP contribution in [0.3, 0.4) is 0 Å². The average molecular weight is 425 g/mol. The fourth-order valence-corrected chi connectivity index (χ4v) is 2.43. The first kappa shape index (κ1) is 20.0. The van der Waals surface area contributed by atoms with Crippen LogP contribution in [0.5, 0.6) is 11.6 Å². The van der Waals surface area contributed by atoms with Crippen LogP contribution in [0.25, 0.3) is 10.9 Å². The molecule has 1 aromatic carbocycles. The summed E-state index contributed by atoms with van der Waals surface area (Å²) in [6, 6.07) is 4.76. The quantitative estimate of drug-likeness (QED) is 0.422. The highest BCUT2D eigenvalue weighted by Crippen LogP contribution is 2.35. The van der Waals surface area contributed by atoms with E-state index in [1.807, 2.05) is 0 Å². The maximum Gasteiger partial charge on any atom is 0.534 e. The zero-order valence-electron chi connectivity index (χ0n) is 11.9. The number of fused-ring (bicyclic) bond motifs is 1. The molecule has 0 saturated carbocycles. The molecule has 0 bridgehead atoms. The number of para-hydroxylation sites is 1. The van der Waals surface area contributed by atoms with Gasteiger partial charge in [0.25, 0.3) is 0 Å². The summed E-state index contributed by atoms with van der Waals surface area (Å²) in [7, 11) is -12.4. The standard InChI is InChI=1S/C11H5F6NO6S2/c12-10(13,14)25(19,20)23-8-5-9(24-26(21,22)11(15,16)17)18-7-4-2-1-3-6(7)8/h1-5H. The zero-order chi connectivity index (χ0) is 20.0. The second kappa shape index (κ2) is 6.15. The van der Waals surface area contributed by atoms with Crippen LogP contribution >= 0.6 is 0 Å². The lowest BCUT2D eigenvalue weighted by molar-refractivity contribution is -0.0503. The predicted octanol–water partition coefficient (Wildman–Crippen LogP) is 2.69. The van der Waals surface area contributed by atoms with Crippen LogP contribution in [0.1, 0.15) is 0 Å². The minimum absolute atomic E-state index is 0.176. The number of aromatic nitrogens is 1. The molecule has 0 unspecified atom stereocenters. The van der Waals surface area contributed by atoms with E-state index in [1.165, 1.54) is 12.1 Å². The van der Waals surface area contributed by atoms with Gasteiger partial charge in [-0.2, -0.15) is 43.2 Å². The lowest BCUT2D eigenvalue weighted by Gasteiger charge is -2.13. The highest BCUT2D eigenvalue weighted by Gasteiger charge is 2.50. The van der Waals surface area contributed by atoms with Crippen LogP contribution in [-0.2, 0) is 20.2 Å². The Kier molecular flexibility index (Phi) is 4.74. The Labute approximate surface area is 141 Å².